The van der Waals surface area contributed by atoms with Crippen LogP contribution < -0.4 is 14.5 Å². The van der Waals surface area contributed by atoms with Gasteiger partial charge in [0, 0.05) is 56.3 Å². The van der Waals surface area contributed by atoms with Gasteiger partial charge in [0.1, 0.15) is 17.2 Å². The SMILES string of the molecule is CS(=O)(=O)Nc1ccc(-c2cc(-c3cccc(N4CCC(F)(F)CC4)n3)on2)c(N2CCC3(CC2)CC3)c1. The van der Waals surface area contributed by atoms with E-state index in [1.165, 1.54) is 12.8 Å². The molecule has 0 bridgehead atoms. The molecule has 1 aliphatic carbocycles. The summed E-state index contributed by atoms with van der Waals surface area (Å²) in [6.45, 7) is 2.30. The van der Waals surface area contributed by atoms with Gasteiger partial charge in [-0.05, 0) is 61.4 Å². The maximum Gasteiger partial charge on any atom is 0.251 e. The van der Waals surface area contributed by atoms with Gasteiger partial charge in [0.05, 0.1) is 11.9 Å². The van der Waals surface area contributed by atoms with Crippen molar-refractivity contribution in [1.82, 2.24) is 10.1 Å². The predicted octanol–water partition coefficient (Wildman–Crippen LogP) is 5.39. The van der Waals surface area contributed by atoms with E-state index in [0.717, 1.165) is 43.4 Å². The molecule has 1 aromatic carbocycles. The van der Waals surface area contributed by atoms with Crippen molar-refractivity contribution in [2.24, 2.45) is 5.41 Å². The number of halogens is 2. The zero-order valence-electron chi connectivity index (χ0n) is 21.3. The van der Waals surface area contributed by atoms with E-state index in [1.807, 2.05) is 41.3 Å². The number of aromatic nitrogens is 2. The third-order valence-electron chi connectivity index (χ3n) is 8.01. The molecule has 6 rings (SSSR count). The number of nitrogens with one attached hydrogen (secondary N) is 1. The van der Waals surface area contributed by atoms with E-state index in [9.17, 15) is 17.2 Å². The van der Waals surface area contributed by atoms with Gasteiger partial charge in [-0.3, -0.25) is 4.72 Å². The summed E-state index contributed by atoms with van der Waals surface area (Å²) in [7, 11) is -3.42. The molecule has 1 N–H and O–H groups in total. The van der Waals surface area contributed by atoms with Crippen molar-refractivity contribution in [3.63, 3.8) is 0 Å². The van der Waals surface area contributed by atoms with Gasteiger partial charge in [0.25, 0.3) is 5.92 Å². The lowest BCUT2D eigenvalue weighted by molar-refractivity contribution is -0.0221. The van der Waals surface area contributed by atoms with Gasteiger partial charge < -0.3 is 14.3 Å². The molecule has 0 amide bonds. The molecule has 2 saturated heterocycles. The highest BCUT2D eigenvalue weighted by Gasteiger charge is 2.44. The molecule has 2 aliphatic heterocycles. The highest BCUT2D eigenvalue weighted by molar-refractivity contribution is 7.92. The number of anilines is 3. The molecule has 0 atom stereocenters. The summed E-state index contributed by atoms with van der Waals surface area (Å²) in [6, 6.07) is 12.7. The van der Waals surface area contributed by atoms with Crippen LogP contribution in [0.2, 0.25) is 0 Å². The number of hydrogen-bond donors (Lipinski definition) is 1. The Hall–Kier alpha value is -3.21. The van der Waals surface area contributed by atoms with Crippen LogP contribution in [0.25, 0.3) is 22.7 Å². The summed E-state index contributed by atoms with van der Waals surface area (Å²) in [4.78, 5) is 8.84. The van der Waals surface area contributed by atoms with Crippen molar-refractivity contribution in [2.75, 3.05) is 47.0 Å². The second-order valence-electron chi connectivity index (χ2n) is 10.9. The Morgan fingerprint density at radius 3 is 2.29 bits per heavy atom. The van der Waals surface area contributed by atoms with Crippen LogP contribution >= 0.6 is 0 Å². The first-order valence-corrected chi connectivity index (χ1v) is 14.9. The van der Waals surface area contributed by atoms with Gasteiger partial charge in [-0.25, -0.2) is 22.2 Å². The average molecular weight is 544 g/mol. The molecule has 11 heteroatoms. The molecule has 0 unspecified atom stereocenters. The standard InChI is InChI=1S/C27H31F2N5O3S/c1-38(35,36)32-19-5-6-20(23(17-19)33-13-9-26(7-8-26)10-14-33)22-18-24(37-31-22)21-3-2-4-25(30-21)34-15-11-27(28,29)12-16-34/h2-6,17-18,32H,7-16H2,1H3. The van der Waals surface area contributed by atoms with Gasteiger partial charge >= 0.3 is 0 Å². The van der Waals surface area contributed by atoms with Crippen molar-refractivity contribution in [2.45, 2.75) is 44.4 Å². The van der Waals surface area contributed by atoms with E-state index in [4.69, 9.17) is 4.52 Å². The molecule has 0 radical (unpaired) electrons. The monoisotopic (exact) mass is 543 g/mol. The lowest BCUT2D eigenvalue weighted by Gasteiger charge is -2.35. The maximum atomic E-state index is 13.6. The quantitative estimate of drug-likeness (QED) is 0.446. The average Bonchev–Trinajstić information content (AvgIpc) is 3.44. The third-order valence-corrected chi connectivity index (χ3v) is 8.62. The van der Waals surface area contributed by atoms with Crippen LogP contribution in [0.1, 0.15) is 38.5 Å². The number of nitrogens with zero attached hydrogens (tertiary/aromatic N) is 4. The summed E-state index contributed by atoms with van der Waals surface area (Å²) < 4.78 is 59.2. The molecule has 1 saturated carbocycles. The van der Waals surface area contributed by atoms with Gasteiger partial charge in [0.15, 0.2) is 5.76 Å². The van der Waals surface area contributed by atoms with Gasteiger partial charge in [-0.1, -0.05) is 11.2 Å². The van der Waals surface area contributed by atoms with E-state index >= 15 is 0 Å². The minimum atomic E-state index is -3.42. The number of sulfonamides is 1. The van der Waals surface area contributed by atoms with Gasteiger partial charge in [-0.15, -0.1) is 0 Å². The summed E-state index contributed by atoms with van der Waals surface area (Å²) in [6.07, 6.45) is 5.60. The first-order chi connectivity index (χ1) is 18.1. The molecular formula is C27H31F2N5O3S. The second-order valence-corrected chi connectivity index (χ2v) is 12.6. The topological polar surface area (TPSA) is 91.6 Å². The Morgan fingerprint density at radius 1 is 0.895 bits per heavy atom. The fourth-order valence-corrected chi connectivity index (χ4v) is 6.06. The van der Waals surface area contributed by atoms with Crippen LogP contribution in [-0.2, 0) is 10.0 Å². The van der Waals surface area contributed by atoms with E-state index in [-0.39, 0.29) is 25.9 Å². The minimum absolute atomic E-state index is 0.185. The molecule has 3 aliphatic rings. The number of rotatable bonds is 6. The zero-order valence-corrected chi connectivity index (χ0v) is 22.1. The minimum Gasteiger partial charge on any atom is -0.371 e. The molecular weight excluding hydrogens is 512 g/mol. The largest absolute Gasteiger partial charge is 0.371 e. The maximum absolute atomic E-state index is 13.6. The van der Waals surface area contributed by atoms with Crippen LogP contribution in [0.15, 0.2) is 47.0 Å². The normalized spacial score (nSPS) is 20.5. The van der Waals surface area contributed by atoms with Crippen LogP contribution in [0.5, 0.6) is 0 Å². The van der Waals surface area contributed by atoms with Crippen molar-refractivity contribution in [3.8, 4) is 22.7 Å². The van der Waals surface area contributed by atoms with E-state index < -0.39 is 15.9 Å². The third kappa shape index (κ3) is 5.34. The van der Waals surface area contributed by atoms with Crippen molar-refractivity contribution < 1.29 is 21.7 Å². The summed E-state index contributed by atoms with van der Waals surface area (Å²) >= 11 is 0. The molecule has 1 spiro atoms. The van der Waals surface area contributed by atoms with Crippen molar-refractivity contribution >= 4 is 27.2 Å². The highest BCUT2D eigenvalue weighted by atomic mass is 32.2. The Balaban J connectivity index is 1.28. The van der Waals surface area contributed by atoms with Crippen molar-refractivity contribution in [1.29, 1.82) is 0 Å². The van der Waals surface area contributed by atoms with Crippen LogP contribution in [0.4, 0.5) is 26.0 Å². The van der Waals surface area contributed by atoms with Crippen LogP contribution in [0, 0.1) is 5.41 Å². The number of piperidine rings is 2. The molecule has 3 aromatic rings. The molecule has 4 heterocycles. The Kier molecular flexibility index (Phi) is 6.08. The second kappa shape index (κ2) is 9.21. The lowest BCUT2D eigenvalue weighted by Crippen LogP contribution is -2.39. The van der Waals surface area contributed by atoms with Crippen LogP contribution in [-0.4, -0.2) is 56.9 Å². The Labute approximate surface area is 221 Å². The predicted molar refractivity (Wildman–Crippen MR) is 143 cm³/mol. The van der Waals surface area contributed by atoms with Gasteiger partial charge in [-0.2, -0.15) is 0 Å². The van der Waals surface area contributed by atoms with Crippen molar-refractivity contribution in [3.05, 3.63) is 42.5 Å². The molecule has 3 fully saturated rings. The number of benzene rings is 1. The molecule has 202 valence electrons. The van der Waals surface area contributed by atoms with E-state index in [2.05, 4.69) is 19.8 Å². The zero-order chi connectivity index (χ0) is 26.5. The number of hydrogen-bond acceptors (Lipinski definition) is 7. The first kappa shape index (κ1) is 25.1. The molecule has 2 aromatic heterocycles. The molecule has 8 nitrogen and oxygen atoms in total. The summed E-state index contributed by atoms with van der Waals surface area (Å²) in [5.41, 5.74) is 3.95. The number of pyridine rings is 1. The van der Waals surface area contributed by atoms with E-state index in [1.54, 1.807) is 6.07 Å². The summed E-state index contributed by atoms with van der Waals surface area (Å²) in [5.74, 6) is -1.51. The lowest BCUT2D eigenvalue weighted by atomic mass is 9.92. The first-order valence-electron chi connectivity index (χ1n) is 13.0. The number of alkyl halides is 2. The smallest absolute Gasteiger partial charge is 0.251 e. The summed E-state index contributed by atoms with van der Waals surface area (Å²) in [5, 5.41) is 4.33. The highest BCUT2D eigenvalue weighted by Crippen LogP contribution is 2.54. The Morgan fingerprint density at radius 2 is 1.61 bits per heavy atom. The fraction of sp³-hybridized carbons (Fsp3) is 0.481. The van der Waals surface area contributed by atoms with Gasteiger partial charge in [0.2, 0.25) is 10.0 Å². The molecule has 38 heavy (non-hydrogen) atoms. The van der Waals surface area contributed by atoms with E-state index in [0.29, 0.717) is 34.1 Å². The fourth-order valence-electron chi connectivity index (χ4n) is 5.51. The Bertz CT molecular complexity index is 1430. The van der Waals surface area contributed by atoms with Crippen LogP contribution in [0.3, 0.4) is 0 Å².